The van der Waals surface area contributed by atoms with Crippen LogP contribution in [0.1, 0.15) is 29.8 Å². The van der Waals surface area contributed by atoms with E-state index in [2.05, 4.69) is 17.5 Å². The number of anilines is 1. The first-order valence-electron chi connectivity index (χ1n) is 5.61. The average Bonchev–Trinajstić information content (AvgIpc) is 2.60. The first kappa shape index (κ1) is 10.9. The van der Waals surface area contributed by atoms with Crippen molar-refractivity contribution in [2.45, 2.75) is 20.3 Å². The molecule has 1 aliphatic heterocycles. The van der Waals surface area contributed by atoms with E-state index in [0.29, 0.717) is 0 Å². The summed E-state index contributed by atoms with van der Waals surface area (Å²) in [5.41, 5.74) is 4.53. The summed E-state index contributed by atoms with van der Waals surface area (Å²) in [5, 5.41) is 0. The molecule has 0 radical (unpaired) electrons. The van der Waals surface area contributed by atoms with Crippen molar-refractivity contribution in [3.8, 4) is 0 Å². The van der Waals surface area contributed by atoms with Crippen LogP contribution in [0.2, 0.25) is 0 Å². The molecule has 0 saturated carbocycles. The van der Waals surface area contributed by atoms with Gasteiger partial charge < -0.3 is 4.90 Å². The third-order valence-electron chi connectivity index (χ3n) is 2.94. The smallest absolute Gasteiger partial charge is 0.159 e. The highest BCUT2D eigenvalue weighted by molar-refractivity contribution is 5.94. The highest BCUT2D eigenvalue weighted by Gasteiger charge is 2.19. The minimum atomic E-state index is 0.140. The molecule has 0 aliphatic carbocycles. The molecule has 0 N–H and O–H groups in total. The lowest BCUT2D eigenvalue weighted by molar-refractivity contribution is 0.101. The highest BCUT2D eigenvalue weighted by atomic mass is 16.1. The van der Waals surface area contributed by atoms with Crippen LogP contribution in [0.25, 0.3) is 0 Å². The van der Waals surface area contributed by atoms with Crippen molar-refractivity contribution in [2.24, 2.45) is 0 Å². The van der Waals surface area contributed by atoms with E-state index in [9.17, 15) is 4.79 Å². The van der Waals surface area contributed by atoms with Crippen LogP contribution in [0.5, 0.6) is 0 Å². The summed E-state index contributed by atoms with van der Waals surface area (Å²) in [6.07, 6.45) is 1.03. The van der Waals surface area contributed by atoms with Gasteiger partial charge in [0.15, 0.2) is 5.78 Å². The summed E-state index contributed by atoms with van der Waals surface area (Å²) >= 11 is 0. The summed E-state index contributed by atoms with van der Waals surface area (Å²) in [6, 6.07) is 6.00. The van der Waals surface area contributed by atoms with E-state index >= 15 is 0 Å². The lowest BCUT2D eigenvalue weighted by atomic mass is 10.1. The van der Waals surface area contributed by atoms with E-state index in [0.717, 1.165) is 25.1 Å². The molecule has 0 bridgehead atoms. The van der Waals surface area contributed by atoms with Crippen LogP contribution in [0.15, 0.2) is 30.4 Å². The molecular weight excluding hydrogens is 198 g/mol. The van der Waals surface area contributed by atoms with Crippen molar-refractivity contribution in [2.75, 3.05) is 18.0 Å². The maximum absolute atomic E-state index is 11.3. The van der Waals surface area contributed by atoms with Crippen LogP contribution in [-0.4, -0.2) is 18.9 Å². The molecule has 84 valence electrons. The van der Waals surface area contributed by atoms with Gasteiger partial charge in [-0.05, 0) is 44.0 Å². The zero-order valence-corrected chi connectivity index (χ0v) is 9.92. The minimum absolute atomic E-state index is 0.140. The highest BCUT2D eigenvalue weighted by Crippen LogP contribution is 2.29. The first-order chi connectivity index (χ1) is 7.58. The Kier molecular flexibility index (Phi) is 2.82. The number of hydrogen-bond acceptors (Lipinski definition) is 2. The van der Waals surface area contributed by atoms with Crippen LogP contribution < -0.4 is 4.90 Å². The average molecular weight is 215 g/mol. The van der Waals surface area contributed by atoms with Gasteiger partial charge in [-0.3, -0.25) is 4.79 Å². The van der Waals surface area contributed by atoms with Gasteiger partial charge in [0, 0.05) is 24.3 Å². The fourth-order valence-electron chi connectivity index (χ4n) is 2.18. The van der Waals surface area contributed by atoms with Crippen molar-refractivity contribution in [3.05, 3.63) is 41.5 Å². The lowest BCUT2D eigenvalue weighted by Gasteiger charge is -2.19. The second-order valence-electron chi connectivity index (χ2n) is 4.53. The Morgan fingerprint density at radius 3 is 2.81 bits per heavy atom. The van der Waals surface area contributed by atoms with E-state index in [1.807, 2.05) is 19.1 Å². The minimum Gasteiger partial charge on any atom is -0.367 e. The standard InChI is InChI=1S/C14H17NO/c1-10(2)9-15-7-6-13-8-12(11(3)16)4-5-14(13)15/h4-5,8H,1,6-7,9H2,2-3H3. The van der Waals surface area contributed by atoms with E-state index in [-0.39, 0.29) is 5.78 Å². The molecule has 0 amide bonds. The summed E-state index contributed by atoms with van der Waals surface area (Å²) in [7, 11) is 0. The molecule has 1 heterocycles. The molecule has 1 aromatic carbocycles. The SMILES string of the molecule is C=C(C)CN1CCc2cc(C(C)=O)ccc21. The quantitative estimate of drug-likeness (QED) is 0.571. The zero-order valence-electron chi connectivity index (χ0n) is 9.92. The molecule has 0 saturated heterocycles. The van der Waals surface area contributed by atoms with Crippen LogP contribution in [0.3, 0.4) is 0 Å². The maximum Gasteiger partial charge on any atom is 0.159 e. The van der Waals surface area contributed by atoms with Crippen molar-refractivity contribution in [1.29, 1.82) is 0 Å². The second kappa shape index (κ2) is 4.12. The number of Topliss-reactive ketones (excluding diaryl/α,β-unsaturated/α-hetero) is 1. The van der Waals surface area contributed by atoms with Gasteiger partial charge in [0.25, 0.3) is 0 Å². The van der Waals surface area contributed by atoms with Crippen molar-refractivity contribution in [1.82, 2.24) is 0 Å². The number of carbonyl (C=O) groups excluding carboxylic acids is 1. The summed E-state index contributed by atoms with van der Waals surface area (Å²) < 4.78 is 0. The van der Waals surface area contributed by atoms with Gasteiger partial charge in [0.1, 0.15) is 0 Å². The van der Waals surface area contributed by atoms with Gasteiger partial charge in [-0.25, -0.2) is 0 Å². The Hall–Kier alpha value is -1.57. The Morgan fingerprint density at radius 2 is 2.19 bits per heavy atom. The number of benzene rings is 1. The Balaban J connectivity index is 2.28. The van der Waals surface area contributed by atoms with Gasteiger partial charge in [0.05, 0.1) is 0 Å². The predicted molar refractivity (Wildman–Crippen MR) is 67.2 cm³/mol. The van der Waals surface area contributed by atoms with Crippen LogP contribution >= 0.6 is 0 Å². The molecule has 2 heteroatoms. The van der Waals surface area contributed by atoms with Gasteiger partial charge in [-0.15, -0.1) is 0 Å². The second-order valence-corrected chi connectivity index (χ2v) is 4.53. The van der Waals surface area contributed by atoms with Crippen molar-refractivity contribution < 1.29 is 4.79 Å². The Labute approximate surface area is 96.6 Å². The molecule has 0 unspecified atom stereocenters. The molecule has 1 aromatic rings. The summed E-state index contributed by atoms with van der Waals surface area (Å²) in [6.45, 7) is 9.54. The topological polar surface area (TPSA) is 20.3 Å². The first-order valence-corrected chi connectivity index (χ1v) is 5.61. The number of hydrogen-bond donors (Lipinski definition) is 0. The van der Waals surface area contributed by atoms with E-state index in [1.54, 1.807) is 6.92 Å². The van der Waals surface area contributed by atoms with Crippen LogP contribution in [0.4, 0.5) is 5.69 Å². The van der Waals surface area contributed by atoms with Gasteiger partial charge >= 0.3 is 0 Å². The fraction of sp³-hybridized carbons (Fsp3) is 0.357. The monoisotopic (exact) mass is 215 g/mol. The molecule has 0 fully saturated rings. The largest absolute Gasteiger partial charge is 0.367 e. The van der Waals surface area contributed by atoms with Crippen LogP contribution in [0, 0.1) is 0 Å². The van der Waals surface area contributed by atoms with Crippen molar-refractivity contribution >= 4 is 11.5 Å². The molecule has 0 atom stereocenters. The molecule has 1 aliphatic rings. The normalized spacial score (nSPS) is 13.8. The zero-order chi connectivity index (χ0) is 11.7. The molecular formula is C14H17NO. The number of fused-ring (bicyclic) bond motifs is 1. The summed E-state index contributed by atoms with van der Waals surface area (Å²) in [4.78, 5) is 13.6. The molecule has 2 nitrogen and oxygen atoms in total. The maximum atomic E-state index is 11.3. The number of nitrogens with zero attached hydrogens (tertiary/aromatic N) is 1. The van der Waals surface area contributed by atoms with E-state index < -0.39 is 0 Å². The molecule has 2 rings (SSSR count). The van der Waals surface area contributed by atoms with E-state index in [4.69, 9.17) is 0 Å². The van der Waals surface area contributed by atoms with Crippen molar-refractivity contribution in [3.63, 3.8) is 0 Å². The Bertz CT molecular complexity index is 448. The summed E-state index contributed by atoms with van der Waals surface area (Å²) in [5.74, 6) is 0.140. The number of rotatable bonds is 3. The van der Waals surface area contributed by atoms with Gasteiger partial charge in [0.2, 0.25) is 0 Å². The molecule has 0 spiro atoms. The fourth-order valence-corrected chi connectivity index (χ4v) is 2.18. The predicted octanol–water partition coefficient (Wildman–Crippen LogP) is 2.83. The number of carbonyl (C=O) groups is 1. The van der Waals surface area contributed by atoms with E-state index in [1.165, 1.54) is 16.8 Å². The van der Waals surface area contributed by atoms with Gasteiger partial charge in [-0.2, -0.15) is 0 Å². The number of ketones is 1. The Morgan fingerprint density at radius 1 is 1.44 bits per heavy atom. The third kappa shape index (κ3) is 2.01. The third-order valence-corrected chi connectivity index (χ3v) is 2.94. The lowest BCUT2D eigenvalue weighted by Crippen LogP contribution is -2.22. The van der Waals surface area contributed by atoms with Gasteiger partial charge in [-0.1, -0.05) is 12.2 Å². The molecule has 16 heavy (non-hydrogen) atoms. The van der Waals surface area contributed by atoms with Crippen LogP contribution in [-0.2, 0) is 6.42 Å². The molecule has 0 aromatic heterocycles.